The SMILES string of the molecule is CC.Cc1cc2nc(N[C@@H](C)c3cncc(F)c3)nc(C(=O)N3CC(NC(=O)C4CC4)C3)c2s1. The summed E-state index contributed by atoms with van der Waals surface area (Å²) < 4.78 is 14.3. The molecule has 3 aromatic heterocycles. The van der Waals surface area contributed by atoms with Gasteiger partial charge in [0.2, 0.25) is 11.9 Å². The lowest BCUT2D eigenvalue weighted by molar-refractivity contribution is -0.123. The molecule has 0 aromatic carbocycles. The second-order valence-corrected chi connectivity index (χ2v) is 9.72. The third-order valence-electron chi connectivity index (χ3n) is 5.73. The van der Waals surface area contributed by atoms with Gasteiger partial charge >= 0.3 is 0 Å². The van der Waals surface area contributed by atoms with Crippen molar-refractivity contribution in [1.29, 1.82) is 0 Å². The van der Waals surface area contributed by atoms with E-state index in [9.17, 15) is 14.0 Å². The first-order valence-corrected chi connectivity index (χ1v) is 12.4. The molecule has 2 aliphatic rings. The summed E-state index contributed by atoms with van der Waals surface area (Å²) in [6.07, 6.45) is 4.64. The van der Waals surface area contributed by atoms with Gasteiger partial charge in [0.15, 0.2) is 5.69 Å². The molecule has 2 fully saturated rings. The first-order valence-electron chi connectivity index (χ1n) is 11.6. The number of nitrogens with zero attached hydrogens (tertiary/aromatic N) is 4. The molecular formula is C24H29FN6O2S. The van der Waals surface area contributed by atoms with Crippen molar-refractivity contribution in [3.8, 4) is 0 Å². The molecule has 8 nitrogen and oxygen atoms in total. The highest BCUT2D eigenvalue weighted by molar-refractivity contribution is 7.19. The zero-order valence-corrected chi connectivity index (χ0v) is 20.6. The van der Waals surface area contributed by atoms with Crippen molar-refractivity contribution in [1.82, 2.24) is 25.2 Å². The van der Waals surface area contributed by atoms with E-state index >= 15 is 0 Å². The molecular weight excluding hydrogens is 455 g/mol. The van der Waals surface area contributed by atoms with Crippen molar-refractivity contribution >= 4 is 39.3 Å². The Balaban J connectivity index is 0.00000133. The van der Waals surface area contributed by atoms with Crippen LogP contribution in [0.5, 0.6) is 0 Å². The summed E-state index contributed by atoms with van der Waals surface area (Å²) in [4.78, 5) is 40.9. The van der Waals surface area contributed by atoms with E-state index in [1.54, 1.807) is 11.1 Å². The lowest BCUT2D eigenvalue weighted by atomic mass is 10.1. The normalized spacial score (nSPS) is 16.3. The van der Waals surface area contributed by atoms with Crippen molar-refractivity contribution in [2.75, 3.05) is 18.4 Å². The van der Waals surface area contributed by atoms with Gasteiger partial charge in [0.25, 0.3) is 5.91 Å². The summed E-state index contributed by atoms with van der Waals surface area (Å²) in [6.45, 7) is 8.76. The van der Waals surface area contributed by atoms with Crippen LogP contribution in [0.3, 0.4) is 0 Å². The smallest absolute Gasteiger partial charge is 0.274 e. The van der Waals surface area contributed by atoms with Gasteiger partial charge in [0.1, 0.15) is 5.82 Å². The van der Waals surface area contributed by atoms with Crippen molar-refractivity contribution in [3.05, 3.63) is 46.5 Å². The highest BCUT2D eigenvalue weighted by atomic mass is 32.1. The number of aromatic nitrogens is 3. The maximum Gasteiger partial charge on any atom is 0.274 e. The van der Waals surface area contributed by atoms with E-state index in [4.69, 9.17) is 0 Å². The Morgan fingerprint density at radius 1 is 1.18 bits per heavy atom. The van der Waals surface area contributed by atoms with Crippen molar-refractivity contribution in [3.63, 3.8) is 0 Å². The molecule has 1 aliphatic carbocycles. The number of anilines is 1. The average Bonchev–Trinajstić information content (AvgIpc) is 3.58. The number of rotatable bonds is 6. The van der Waals surface area contributed by atoms with Crippen molar-refractivity contribution in [2.45, 2.75) is 52.6 Å². The third-order valence-corrected chi connectivity index (χ3v) is 6.78. The zero-order chi connectivity index (χ0) is 24.4. The van der Waals surface area contributed by atoms with Crippen LogP contribution in [-0.2, 0) is 4.79 Å². The maximum atomic E-state index is 13.5. The van der Waals surface area contributed by atoms with Crippen LogP contribution in [-0.4, -0.2) is 50.8 Å². The number of carbonyl (C=O) groups excluding carboxylic acids is 2. The molecule has 0 radical (unpaired) electrons. The Bertz CT molecular complexity index is 1210. The summed E-state index contributed by atoms with van der Waals surface area (Å²) >= 11 is 1.48. The van der Waals surface area contributed by atoms with Crippen LogP contribution in [0.1, 0.15) is 60.6 Å². The van der Waals surface area contributed by atoms with Crippen LogP contribution in [0.25, 0.3) is 10.2 Å². The van der Waals surface area contributed by atoms with E-state index in [-0.39, 0.29) is 29.8 Å². The lowest BCUT2D eigenvalue weighted by Gasteiger charge is -2.39. The molecule has 1 aliphatic heterocycles. The molecule has 10 heteroatoms. The Morgan fingerprint density at radius 3 is 2.59 bits per heavy atom. The van der Waals surface area contributed by atoms with E-state index < -0.39 is 5.82 Å². The van der Waals surface area contributed by atoms with Gasteiger partial charge < -0.3 is 15.5 Å². The molecule has 2 amide bonds. The average molecular weight is 485 g/mol. The third kappa shape index (κ3) is 5.16. The fourth-order valence-electron chi connectivity index (χ4n) is 3.75. The second-order valence-electron chi connectivity index (χ2n) is 8.46. The van der Waals surface area contributed by atoms with Crippen LogP contribution in [0.2, 0.25) is 0 Å². The van der Waals surface area contributed by atoms with Crippen LogP contribution < -0.4 is 10.6 Å². The molecule has 180 valence electrons. The minimum atomic E-state index is -0.419. The predicted molar refractivity (Wildman–Crippen MR) is 130 cm³/mol. The highest BCUT2D eigenvalue weighted by Crippen LogP contribution is 2.31. The quantitative estimate of drug-likeness (QED) is 0.547. The molecule has 1 saturated carbocycles. The van der Waals surface area contributed by atoms with Crippen molar-refractivity contribution < 1.29 is 14.0 Å². The summed E-state index contributed by atoms with van der Waals surface area (Å²) in [6, 6.07) is 3.02. The number of thiophene rings is 1. The molecule has 0 spiro atoms. The van der Waals surface area contributed by atoms with Crippen molar-refractivity contribution in [2.24, 2.45) is 5.92 Å². The zero-order valence-electron chi connectivity index (χ0n) is 19.8. The fourth-order valence-corrected chi connectivity index (χ4v) is 4.68. The Hall–Kier alpha value is -3.14. The largest absolute Gasteiger partial charge is 0.350 e. The topological polar surface area (TPSA) is 100 Å². The standard InChI is InChI=1S/C22H23FN6O2S.C2H6/c1-11-5-17-19(32-11)18(21(31)29-9-16(10-29)26-20(30)13-3-4-13)28-22(27-17)25-12(2)14-6-15(23)8-24-7-14;1-2/h5-8,12-13,16H,3-4,9-10H2,1-2H3,(H,26,30)(H,25,27,28);1-2H3/t12-;/m0./s1. The number of likely N-dealkylation sites (tertiary alicyclic amines) is 1. The van der Waals surface area contributed by atoms with Crippen LogP contribution in [0, 0.1) is 18.7 Å². The van der Waals surface area contributed by atoms with Crippen LogP contribution in [0.15, 0.2) is 24.5 Å². The van der Waals surface area contributed by atoms with Gasteiger partial charge in [0, 0.05) is 30.1 Å². The number of aryl methyl sites for hydroxylation is 1. The summed E-state index contributed by atoms with van der Waals surface area (Å²) in [5, 5.41) is 6.16. The number of nitrogens with one attached hydrogen (secondary N) is 2. The van der Waals surface area contributed by atoms with Crippen LogP contribution >= 0.6 is 11.3 Å². The first-order chi connectivity index (χ1) is 16.4. The first kappa shape index (κ1) is 24.0. The Labute approximate surface area is 202 Å². The summed E-state index contributed by atoms with van der Waals surface area (Å²) in [7, 11) is 0. The number of carbonyl (C=O) groups is 2. The molecule has 3 aromatic rings. The number of hydrogen-bond donors (Lipinski definition) is 2. The monoisotopic (exact) mass is 484 g/mol. The number of amides is 2. The van der Waals surface area contributed by atoms with Crippen LogP contribution in [0.4, 0.5) is 10.3 Å². The number of hydrogen-bond acceptors (Lipinski definition) is 7. The van der Waals surface area contributed by atoms with E-state index in [1.807, 2.05) is 33.8 Å². The van der Waals surface area contributed by atoms with Gasteiger partial charge in [-0.05, 0) is 44.4 Å². The van der Waals surface area contributed by atoms with Gasteiger partial charge in [-0.1, -0.05) is 13.8 Å². The lowest BCUT2D eigenvalue weighted by Crippen LogP contribution is -2.61. The molecule has 0 unspecified atom stereocenters. The highest BCUT2D eigenvalue weighted by Gasteiger charge is 2.37. The van der Waals surface area contributed by atoms with Gasteiger partial charge in [-0.15, -0.1) is 11.3 Å². The van der Waals surface area contributed by atoms with E-state index in [2.05, 4.69) is 25.6 Å². The fraction of sp³-hybridized carbons (Fsp3) is 0.458. The van der Waals surface area contributed by atoms with E-state index in [1.165, 1.54) is 17.4 Å². The van der Waals surface area contributed by atoms with Gasteiger partial charge in [-0.25, -0.2) is 14.4 Å². The van der Waals surface area contributed by atoms with Gasteiger partial charge in [0.05, 0.1) is 28.5 Å². The maximum absolute atomic E-state index is 13.5. The molecule has 1 atom stereocenters. The van der Waals surface area contributed by atoms with Gasteiger partial charge in [-0.3, -0.25) is 14.6 Å². The molecule has 1 saturated heterocycles. The van der Waals surface area contributed by atoms with E-state index in [0.29, 0.717) is 35.8 Å². The Morgan fingerprint density at radius 2 is 1.91 bits per heavy atom. The second kappa shape index (κ2) is 10.0. The molecule has 5 rings (SSSR count). The number of fused-ring (bicyclic) bond motifs is 1. The van der Waals surface area contributed by atoms with E-state index in [0.717, 1.165) is 28.6 Å². The summed E-state index contributed by atoms with van der Waals surface area (Å²) in [5.74, 6) is -0.0567. The number of halogens is 1. The molecule has 2 N–H and O–H groups in total. The minimum absolute atomic E-state index is 0.00690. The predicted octanol–water partition coefficient (Wildman–Crippen LogP) is 4.08. The molecule has 0 bridgehead atoms. The number of pyridine rings is 1. The molecule has 34 heavy (non-hydrogen) atoms. The van der Waals surface area contributed by atoms with Gasteiger partial charge in [-0.2, -0.15) is 0 Å². The summed E-state index contributed by atoms with van der Waals surface area (Å²) in [5.41, 5.74) is 1.68. The molecule has 4 heterocycles. The Kier molecular flexibility index (Phi) is 7.06. The minimum Gasteiger partial charge on any atom is -0.350 e.